The van der Waals surface area contributed by atoms with Crippen LogP contribution in [-0.2, 0) is 16.6 Å². The van der Waals surface area contributed by atoms with Crippen LogP contribution >= 0.6 is 0 Å². The van der Waals surface area contributed by atoms with Crippen molar-refractivity contribution in [1.29, 1.82) is 0 Å². The van der Waals surface area contributed by atoms with E-state index in [0.29, 0.717) is 6.54 Å². The lowest BCUT2D eigenvalue weighted by Gasteiger charge is -2.03. The van der Waals surface area contributed by atoms with Crippen molar-refractivity contribution < 1.29 is 13.3 Å². The fourth-order valence-electron chi connectivity index (χ4n) is 1.18. The van der Waals surface area contributed by atoms with Crippen molar-refractivity contribution in [3.63, 3.8) is 0 Å². The van der Waals surface area contributed by atoms with E-state index in [0.717, 1.165) is 5.56 Å². The maximum atomic E-state index is 10.6. The third-order valence-electron chi connectivity index (χ3n) is 2.04. The van der Waals surface area contributed by atoms with E-state index in [-0.39, 0.29) is 18.0 Å². The quantitative estimate of drug-likeness (QED) is 0.423. The van der Waals surface area contributed by atoms with Crippen LogP contribution in [0.4, 0.5) is 5.69 Å². The van der Waals surface area contributed by atoms with Crippen molar-refractivity contribution >= 4 is 15.7 Å². The summed E-state index contributed by atoms with van der Waals surface area (Å²) >= 11 is 0. The van der Waals surface area contributed by atoms with Crippen LogP contribution in [0.25, 0.3) is 0 Å². The van der Waals surface area contributed by atoms with Gasteiger partial charge in [-0.05, 0) is 5.56 Å². The molecular formula is C9H13N3O4S. The van der Waals surface area contributed by atoms with Gasteiger partial charge in [-0.1, -0.05) is 12.1 Å². The molecule has 3 N–H and O–H groups in total. The molecule has 0 saturated heterocycles. The highest BCUT2D eigenvalue weighted by Gasteiger charge is 2.04. The molecule has 17 heavy (non-hydrogen) atoms. The Kier molecular flexibility index (Phi) is 4.55. The van der Waals surface area contributed by atoms with Crippen molar-refractivity contribution in [2.24, 2.45) is 5.14 Å². The smallest absolute Gasteiger partial charge is 0.269 e. The molecule has 1 aromatic carbocycles. The topological polar surface area (TPSA) is 115 Å². The van der Waals surface area contributed by atoms with Crippen molar-refractivity contribution in [3.05, 3.63) is 39.9 Å². The molecule has 8 heteroatoms. The summed E-state index contributed by atoms with van der Waals surface area (Å²) < 4.78 is 21.3. The first kappa shape index (κ1) is 13.6. The van der Waals surface area contributed by atoms with Crippen LogP contribution in [0.5, 0.6) is 0 Å². The number of nitrogens with one attached hydrogen (secondary N) is 1. The molecule has 0 saturated carbocycles. The normalized spacial score (nSPS) is 11.4. The molecule has 0 aliphatic heterocycles. The van der Waals surface area contributed by atoms with Crippen molar-refractivity contribution in [2.75, 3.05) is 12.3 Å². The summed E-state index contributed by atoms with van der Waals surface area (Å²) in [6, 6.07) is 6.03. The van der Waals surface area contributed by atoms with Crippen LogP contribution in [-0.4, -0.2) is 25.6 Å². The first-order valence-electron chi connectivity index (χ1n) is 4.83. The third kappa shape index (κ3) is 5.38. The number of hydrogen-bond acceptors (Lipinski definition) is 5. The zero-order valence-corrected chi connectivity index (χ0v) is 9.81. The molecule has 7 nitrogen and oxygen atoms in total. The molecule has 94 valence electrons. The first-order chi connectivity index (χ1) is 7.88. The summed E-state index contributed by atoms with van der Waals surface area (Å²) in [7, 11) is -3.45. The van der Waals surface area contributed by atoms with E-state index in [9.17, 15) is 18.5 Å². The second kappa shape index (κ2) is 5.71. The lowest BCUT2D eigenvalue weighted by molar-refractivity contribution is -0.384. The van der Waals surface area contributed by atoms with Gasteiger partial charge in [-0.15, -0.1) is 0 Å². The highest BCUT2D eigenvalue weighted by Crippen LogP contribution is 2.11. The number of benzene rings is 1. The van der Waals surface area contributed by atoms with Gasteiger partial charge in [0.15, 0.2) is 0 Å². The average molecular weight is 259 g/mol. The summed E-state index contributed by atoms with van der Waals surface area (Å²) in [6.45, 7) is 0.684. The number of rotatable bonds is 6. The number of nitrogens with zero attached hydrogens (tertiary/aromatic N) is 1. The molecule has 0 fully saturated rings. The van der Waals surface area contributed by atoms with Gasteiger partial charge < -0.3 is 5.32 Å². The first-order valence-corrected chi connectivity index (χ1v) is 6.54. The second-order valence-electron chi connectivity index (χ2n) is 3.47. The van der Waals surface area contributed by atoms with E-state index < -0.39 is 14.9 Å². The van der Waals surface area contributed by atoms with Gasteiger partial charge in [0, 0.05) is 25.2 Å². The minimum Gasteiger partial charge on any atom is -0.312 e. The zero-order chi connectivity index (χ0) is 12.9. The molecule has 0 heterocycles. The molecule has 0 amide bonds. The number of nitrogens with two attached hydrogens (primary N) is 1. The largest absolute Gasteiger partial charge is 0.312 e. The molecular weight excluding hydrogens is 246 g/mol. The number of nitro groups is 1. The van der Waals surface area contributed by atoms with E-state index in [4.69, 9.17) is 5.14 Å². The maximum absolute atomic E-state index is 10.6. The van der Waals surface area contributed by atoms with Gasteiger partial charge in [0.1, 0.15) is 0 Å². The van der Waals surface area contributed by atoms with Crippen LogP contribution in [0.3, 0.4) is 0 Å². The van der Waals surface area contributed by atoms with Crippen LogP contribution in [0, 0.1) is 10.1 Å². The molecule has 1 aromatic rings. The average Bonchev–Trinajstić information content (AvgIpc) is 2.24. The second-order valence-corrected chi connectivity index (χ2v) is 5.20. The van der Waals surface area contributed by atoms with Crippen LogP contribution in [0.1, 0.15) is 5.56 Å². The Morgan fingerprint density at radius 1 is 1.29 bits per heavy atom. The molecule has 1 rings (SSSR count). The number of non-ortho nitro benzene ring substituents is 1. The number of nitro benzene ring substituents is 1. The summed E-state index contributed by atoms with van der Waals surface area (Å²) in [4.78, 5) is 9.92. The molecule has 0 atom stereocenters. The summed E-state index contributed by atoms with van der Waals surface area (Å²) in [5.74, 6) is -0.139. The predicted molar refractivity (Wildman–Crippen MR) is 62.8 cm³/mol. The minimum atomic E-state index is -3.45. The molecule has 0 aliphatic carbocycles. The molecule has 0 spiro atoms. The summed E-state index contributed by atoms with van der Waals surface area (Å²) in [6.07, 6.45) is 0. The van der Waals surface area contributed by atoms with Crippen LogP contribution in [0.2, 0.25) is 0 Å². The van der Waals surface area contributed by atoms with Crippen molar-refractivity contribution in [1.82, 2.24) is 5.32 Å². The molecule has 0 aliphatic rings. The highest BCUT2D eigenvalue weighted by molar-refractivity contribution is 7.89. The monoisotopic (exact) mass is 259 g/mol. The van der Waals surface area contributed by atoms with Crippen LogP contribution in [0.15, 0.2) is 24.3 Å². The highest BCUT2D eigenvalue weighted by atomic mass is 32.2. The Bertz CT molecular complexity index is 483. The van der Waals surface area contributed by atoms with Gasteiger partial charge in [0.25, 0.3) is 5.69 Å². The Hall–Kier alpha value is -1.51. The molecule has 0 aromatic heterocycles. The van der Waals surface area contributed by atoms with E-state index >= 15 is 0 Å². The van der Waals surface area contributed by atoms with Gasteiger partial charge in [-0.3, -0.25) is 10.1 Å². The van der Waals surface area contributed by atoms with Gasteiger partial charge in [-0.25, -0.2) is 13.6 Å². The van der Waals surface area contributed by atoms with Gasteiger partial charge in [0.2, 0.25) is 10.0 Å². The van der Waals surface area contributed by atoms with E-state index in [2.05, 4.69) is 5.32 Å². The molecule has 0 unspecified atom stereocenters. The van der Waals surface area contributed by atoms with E-state index in [1.807, 2.05) is 0 Å². The minimum absolute atomic E-state index is 0.0262. The maximum Gasteiger partial charge on any atom is 0.269 e. The lowest BCUT2D eigenvalue weighted by Crippen LogP contribution is -2.26. The Morgan fingerprint density at radius 3 is 2.35 bits per heavy atom. The number of primary sulfonamides is 1. The van der Waals surface area contributed by atoms with E-state index in [1.54, 1.807) is 12.1 Å². The fraction of sp³-hybridized carbons (Fsp3) is 0.333. The third-order valence-corrected chi connectivity index (χ3v) is 2.81. The van der Waals surface area contributed by atoms with Crippen molar-refractivity contribution in [2.45, 2.75) is 6.54 Å². The SMILES string of the molecule is NS(=O)(=O)CCNCc1ccc([N+](=O)[O-])cc1. The Balaban J connectivity index is 2.40. The Labute approximate surface area is 98.8 Å². The van der Waals surface area contributed by atoms with Crippen molar-refractivity contribution in [3.8, 4) is 0 Å². The standard InChI is InChI=1S/C9H13N3O4S/c10-17(15,16)6-5-11-7-8-1-3-9(4-2-8)12(13)14/h1-4,11H,5-7H2,(H2,10,15,16). The lowest BCUT2D eigenvalue weighted by atomic mass is 10.2. The fourth-order valence-corrected chi connectivity index (χ4v) is 1.61. The summed E-state index contributed by atoms with van der Waals surface area (Å²) in [5.41, 5.74) is 0.864. The zero-order valence-electron chi connectivity index (χ0n) is 9.00. The van der Waals surface area contributed by atoms with Crippen LogP contribution < -0.4 is 10.5 Å². The molecule has 0 bridgehead atoms. The molecule has 0 radical (unpaired) electrons. The number of hydrogen-bond donors (Lipinski definition) is 2. The van der Waals surface area contributed by atoms with E-state index in [1.165, 1.54) is 12.1 Å². The van der Waals surface area contributed by atoms with Gasteiger partial charge in [-0.2, -0.15) is 0 Å². The van der Waals surface area contributed by atoms with Gasteiger partial charge in [0.05, 0.1) is 10.7 Å². The van der Waals surface area contributed by atoms with Gasteiger partial charge >= 0.3 is 0 Å². The summed E-state index contributed by atoms with van der Waals surface area (Å²) in [5, 5.41) is 18.1. The Morgan fingerprint density at radius 2 is 1.88 bits per heavy atom. The number of sulfonamides is 1. The predicted octanol–water partition coefficient (Wildman–Crippen LogP) is -0.0271.